The highest BCUT2D eigenvalue weighted by atomic mass is 32.3. The minimum absolute atomic E-state index is 0.145. The van der Waals surface area contributed by atoms with E-state index in [0.29, 0.717) is 0 Å². The smallest absolute Gasteiger partial charge is 0.0159 e. The second-order valence-electron chi connectivity index (χ2n) is 20.7. The highest BCUT2D eigenvalue weighted by molar-refractivity contribution is 8.33. The SMILES string of the molecule is CC1(C)c2cc(C3=CC=CCCC3)ccc2-c2ccc(-c3c4ccccc4c(-c4ccc5c(c4)C(C)(C)c4cc(-c6ccccc6)ccc4-5)c4cc5c(cc34)-c3ccccc3S5(C)C)cc21. The fraction of sp³-hybridized carbons (Fsp3) is 0.169. The summed E-state index contributed by atoms with van der Waals surface area (Å²) >= 11 is 0. The molecule has 4 aliphatic rings. The Bertz CT molecular complexity index is 3630. The molecule has 0 saturated heterocycles. The van der Waals surface area contributed by atoms with Gasteiger partial charge in [-0.2, -0.15) is 10.0 Å². The molecule has 0 radical (unpaired) electrons. The molecule has 0 saturated carbocycles. The van der Waals surface area contributed by atoms with Crippen LogP contribution in [0.15, 0.2) is 192 Å². The van der Waals surface area contributed by atoms with E-state index in [9.17, 15) is 0 Å². The highest BCUT2D eigenvalue weighted by Crippen LogP contribution is 2.68. The molecule has 0 nitrogen and oxygen atoms in total. The maximum Gasteiger partial charge on any atom is 0.0159 e. The van der Waals surface area contributed by atoms with Crippen LogP contribution in [0.25, 0.3) is 93.9 Å². The summed E-state index contributed by atoms with van der Waals surface area (Å²) in [7, 11) is -1.25. The molecular weight excluding hydrogens is 813 g/mol. The zero-order valence-corrected chi connectivity index (χ0v) is 39.7. The lowest BCUT2D eigenvalue weighted by Gasteiger charge is -2.29. The van der Waals surface area contributed by atoms with Gasteiger partial charge in [0.15, 0.2) is 0 Å². The van der Waals surface area contributed by atoms with E-state index in [2.05, 4.69) is 222 Å². The highest BCUT2D eigenvalue weighted by Gasteiger charge is 2.39. The van der Waals surface area contributed by atoms with Gasteiger partial charge in [-0.3, -0.25) is 0 Å². The first-order valence-electron chi connectivity index (χ1n) is 23.9. The van der Waals surface area contributed by atoms with Crippen molar-refractivity contribution in [1.29, 1.82) is 0 Å². The van der Waals surface area contributed by atoms with Crippen molar-refractivity contribution >= 4 is 37.1 Å². The summed E-state index contributed by atoms with van der Waals surface area (Å²) < 4.78 is 0. The topological polar surface area (TPSA) is 0 Å². The number of allylic oxidation sites excluding steroid dienone is 4. The molecule has 0 bridgehead atoms. The first-order chi connectivity index (χ1) is 32.0. The van der Waals surface area contributed by atoms with E-state index >= 15 is 0 Å². The van der Waals surface area contributed by atoms with E-state index in [4.69, 9.17) is 0 Å². The summed E-state index contributed by atoms with van der Waals surface area (Å²) in [4.78, 5) is 2.98. The van der Waals surface area contributed by atoms with Gasteiger partial charge in [0.25, 0.3) is 0 Å². The third-order valence-corrected chi connectivity index (χ3v) is 19.0. The van der Waals surface area contributed by atoms with Gasteiger partial charge in [0.1, 0.15) is 0 Å². The Morgan fingerprint density at radius 1 is 0.394 bits per heavy atom. The molecule has 13 rings (SSSR count). The number of fused-ring (bicyclic) bond motifs is 11. The van der Waals surface area contributed by atoms with Gasteiger partial charge in [0.05, 0.1) is 0 Å². The van der Waals surface area contributed by atoms with Crippen LogP contribution in [0, 0.1) is 0 Å². The largest absolute Gasteiger partial charge is 0.192 e. The van der Waals surface area contributed by atoms with E-state index < -0.39 is 10.0 Å². The molecule has 0 fully saturated rings. The number of benzene rings is 9. The van der Waals surface area contributed by atoms with E-state index in [-0.39, 0.29) is 10.8 Å². The average molecular weight is 867 g/mol. The number of hydrogen-bond donors (Lipinski definition) is 0. The maximum atomic E-state index is 2.62. The number of rotatable bonds is 4. The predicted octanol–water partition coefficient (Wildman–Crippen LogP) is 18.2. The van der Waals surface area contributed by atoms with E-state index in [1.807, 2.05) is 0 Å². The van der Waals surface area contributed by atoms with E-state index in [0.717, 1.165) is 12.8 Å². The van der Waals surface area contributed by atoms with Crippen LogP contribution in [0.3, 0.4) is 0 Å². The van der Waals surface area contributed by atoms with Gasteiger partial charge in [-0.05, 0) is 196 Å². The summed E-state index contributed by atoms with van der Waals surface area (Å²) in [6.45, 7) is 9.73. The molecule has 0 unspecified atom stereocenters. The molecule has 3 aliphatic carbocycles. The maximum absolute atomic E-state index is 2.62. The van der Waals surface area contributed by atoms with Gasteiger partial charge < -0.3 is 0 Å². The third kappa shape index (κ3) is 5.59. The number of hydrogen-bond acceptors (Lipinski definition) is 0. The van der Waals surface area contributed by atoms with Crippen LogP contribution in [-0.4, -0.2) is 12.5 Å². The first-order valence-corrected chi connectivity index (χ1v) is 26.3. The average Bonchev–Trinajstić information content (AvgIpc) is 3.63. The Morgan fingerprint density at radius 2 is 0.894 bits per heavy atom. The van der Waals surface area contributed by atoms with Gasteiger partial charge in [0, 0.05) is 20.6 Å². The van der Waals surface area contributed by atoms with Crippen molar-refractivity contribution in [2.24, 2.45) is 0 Å². The molecule has 0 spiro atoms. The lowest BCUT2D eigenvalue weighted by Crippen LogP contribution is -2.15. The van der Waals surface area contributed by atoms with Crippen molar-refractivity contribution in [3.8, 4) is 66.8 Å². The van der Waals surface area contributed by atoms with Crippen LogP contribution in [-0.2, 0) is 10.8 Å². The van der Waals surface area contributed by atoms with Crippen LogP contribution in [0.4, 0.5) is 0 Å². The fourth-order valence-corrected chi connectivity index (χ4v) is 15.0. The standard InChI is InChI=1S/C65H54S/c1-64(2)56-34-42(40-18-10-7-8-11-19-40)26-30-46(56)48-32-28-44(36-58(48)64)62-51-23-14-15-24-52(51)63(55-39-61-53(38-54(55)62)50-22-16-17-25-60(50)66(61,5)6)45-29-33-49-47-31-27-43(41-20-12-9-13-21-41)35-57(47)65(3,4)59(49)37-45/h7,9-10,12-18,20-39H,8,11,19H2,1-6H3. The van der Waals surface area contributed by atoms with Gasteiger partial charge in [-0.1, -0.05) is 167 Å². The minimum atomic E-state index is -1.25. The van der Waals surface area contributed by atoms with Gasteiger partial charge in [0.2, 0.25) is 0 Å². The summed E-state index contributed by atoms with van der Waals surface area (Å²) in [6.07, 6.45) is 15.4. The quantitative estimate of drug-likeness (QED) is 0.155. The molecule has 9 aromatic rings. The predicted molar refractivity (Wildman–Crippen MR) is 285 cm³/mol. The monoisotopic (exact) mass is 866 g/mol. The fourth-order valence-electron chi connectivity index (χ4n) is 12.5. The van der Waals surface area contributed by atoms with Gasteiger partial charge in [-0.25, -0.2) is 0 Å². The zero-order chi connectivity index (χ0) is 44.7. The molecule has 0 atom stereocenters. The van der Waals surface area contributed by atoms with Crippen LogP contribution in [0.2, 0.25) is 0 Å². The van der Waals surface area contributed by atoms with E-state index in [1.54, 1.807) is 0 Å². The van der Waals surface area contributed by atoms with Crippen molar-refractivity contribution in [1.82, 2.24) is 0 Å². The molecule has 320 valence electrons. The Hall–Kier alpha value is -6.67. The molecule has 1 aliphatic heterocycles. The molecule has 1 heteroatoms. The Morgan fingerprint density at radius 3 is 1.52 bits per heavy atom. The van der Waals surface area contributed by atoms with E-state index in [1.165, 1.54) is 138 Å². The lowest BCUT2D eigenvalue weighted by atomic mass is 9.79. The first kappa shape index (κ1) is 39.7. The normalized spacial score (nSPS) is 17.0. The Balaban J connectivity index is 1.03. The molecule has 0 N–H and O–H groups in total. The summed E-state index contributed by atoms with van der Waals surface area (Å²) in [5.41, 5.74) is 24.2. The molecule has 1 heterocycles. The Kier molecular flexibility index (Phi) is 8.52. The second-order valence-corrected chi connectivity index (χ2v) is 24.2. The van der Waals surface area contributed by atoms with Gasteiger partial charge in [-0.15, -0.1) is 0 Å². The van der Waals surface area contributed by atoms with Crippen molar-refractivity contribution in [2.45, 2.75) is 67.6 Å². The zero-order valence-electron chi connectivity index (χ0n) is 38.9. The van der Waals surface area contributed by atoms with Crippen LogP contribution in [0.5, 0.6) is 0 Å². The molecular formula is C65H54S. The Labute approximate surface area is 391 Å². The summed E-state index contributed by atoms with van der Waals surface area (Å²) in [6, 6.07) is 63.7. The van der Waals surface area contributed by atoms with Crippen molar-refractivity contribution in [3.63, 3.8) is 0 Å². The van der Waals surface area contributed by atoms with Crippen LogP contribution >= 0.6 is 10.0 Å². The minimum Gasteiger partial charge on any atom is -0.192 e. The lowest BCUT2D eigenvalue weighted by molar-refractivity contribution is 0.660. The van der Waals surface area contributed by atoms with Crippen LogP contribution in [0.1, 0.15) is 74.8 Å². The van der Waals surface area contributed by atoms with Crippen LogP contribution < -0.4 is 0 Å². The van der Waals surface area contributed by atoms with Crippen molar-refractivity contribution in [3.05, 3.63) is 210 Å². The second kappa shape index (κ2) is 14.2. The third-order valence-electron chi connectivity index (χ3n) is 16.1. The molecule has 0 amide bonds. The summed E-state index contributed by atoms with van der Waals surface area (Å²) in [5, 5.41) is 5.28. The van der Waals surface area contributed by atoms with Gasteiger partial charge >= 0.3 is 0 Å². The molecule has 9 aromatic carbocycles. The summed E-state index contributed by atoms with van der Waals surface area (Å²) in [5.74, 6) is 0. The van der Waals surface area contributed by atoms with Crippen molar-refractivity contribution < 1.29 is 0 Å². The molecule has 0 aromatic heterocycles. The van der Waals surface area contributed by atoms with Crippen molar-refractivity contribution in [2.75, 3.05) is 12.5 Å². The molecule has 66 heavy (non-hydrogen) atoms.